The van der Waals surface area contributed by atoms with Crippen LogP contribution in [0.3, 0.4) is 0 Å². The van der Waals surface area contributed by atoms with Gasteiger partial charge in [0.25, 0.3) is 0 Å². The van der Waals surface area contributed by atoms with Crippen molar-refractivity contribution in [3.05, 3.63) is 35.2 Å². The highest BCUT2D eigenvalue weighted by molar-refractivity contribution is 8.00. The highest BCUT2D eigenvalue weighted by atomic mass is 32.2. The van der Waals surface area contributed by atoms with Crippen LogP contribution >= 0.6 is 11.8 Å². The molecule has 1 amide bonds. The molecule has 0 aliphatic rings. The molecule has 1 atom stereocenters. The minimum Gasteiger partial charge on any atom is -0.322 e. The van der Waals surface area contributed by atoms with Gasteiger partial charge in [-0.1, -0.05) is 18.2 Å². The SMILES string of the molecule is CC(Sc1ccccc1)C(=O)N(C)CN=O. The Balaban J connectivity index is 2.55. The predicted molar refractivity (Wildman–Crippen MR) is 65.2 cm³/mol. The third-order valence-corrected chi connectivity index (χ3v) is 3.15. The predicted octanol–water partition coefficient (Wildman–Crippen LogP) is 2.35. The van der Waals surface area contributed by atoms with Gasteiger partial charge in [0.2, 0.25) is 5.91 Å². The van der Waals surface area contributed by atoms with Gasteiger partial charge in [-0.25, -0.2) is 0 Å². The Kier molecular flexibility index (Phi) is 4.98. The molecule has 0 radical (unpaired) electrons. The summed E-state index contributed by atoms with van der Waals surface area (Å²) in [5, 5.41) is 2.48. The third-order valence-electron chi connectivity index (χ3n) is 2.05. The number of hydrogen-bond acceptors (Lipinski definition) is 4. The van der Waals surface area contributed by atoms with E-state index < -0.39 is 0 Å². The maximum atomic E-state index is 11.7. The molecular weight excluding hydrogens is 224 g/mol. The summed E-state index contributed by atoms with van der Waals surface area (Å²) in [7, 11) is 1.58. The van der Waals surface area contributed by atoms with Crippen LogP contribution in [0.4, 0.5) is 0 Å². The highest BCUT2D eigenvalue weighted by Gasteiger charge is 2.18. The van der Waals surface area contributed by atoms with Gasteiger partial charge in [-0.15, -0.1) is 16.7 Å². The molecule has 1 aromatic rings. The molecule has 0 aromatic heterocycles. The second-order valence-electron chi connectivity index (χ2n) is 3.38. The molecule has 0 spiro atoms. The minimum atomic E-state index is -0.214. The molecule has 1 rings (SSSR count). The van der Waals surface area contributed by atoms with Crippen molar-refractivity contribution in [1.29, 1.82) is 0 Å². The van der Waals surface area contributed by atoms with Crippen LogP contribution in [0, 0.1) is 4.91 Å². The van der Waals surface area contributed by atoms with Crippen molar-refractivity contribution in [3.63, 3.8) is 0 Å². The number of thioether (sulfide) groups is 1. The molecule has 0 heterocycles. The van der Waals surface area contributed by atoms with Crippen molar-refractivity contribution >= 4 is 17.7 Å². The molecule has 1 aromatic carbocycles. The second-order valence-corrected chi connectivity index (χ2v) is 4.79. The van der Waals surface area contributed by atoms with E-state index in [2.05, 4.69) is 5.18 Å². The summed E-state index contributed by atoms with van der Waals surface area (Å²) < 4.78 is 0. The Bertz CT molecular complexity index is 356. The lowest BCUT2D eigenvalue weighted by Crippen LogP contribution is -2.33. The number of amides is 1. The van der Waals surface area contributed by atoms with E-state index in [-0.39, 0.29) is 17.8 Å². The Labute approximate surface area is 99.0 Å². The van der Waals surface area contributed by atoms with Gasteiger partial charge in [0.05, 0.1) is 5.25 Å². The molecule has 5 heteroatoms. The number of carbonyl (C=O) groups is 1. The van der Waals surface area contributed by atoms with E-state index >= 15 is 0 Å². The van der Waals surface area contributed by atoms with Crippen molar-refractivity contribution in [2.75, 3.05) is 13.7 Å². The lowest BCUT2D eigenvalue weighted by Gasteiger charge is -2.17. The summed E-state index contributed by atoms with van der Waals surface area (Å²) in [6.45, 7) is 1.72. The van der Waals surface area contributed by atoms with Gasteiger partial charge >= 0.3 is 0 Å². The van der Waals surface area contributed by atoms with Crippen molar-refractivity contribution in [2.45, 2.75) is 17.1 Å². The fourth-order valence-electron chi connectivity index (χ4n) is 1.22. The maximum Gasteiger partial charge on any atom is 0.237 e. The number of hydrogen-bond donors (Lipinski definition) is 0. The van der Waals surface area contributed by atoms with Crippen LogP contribution in [-0.4, -0.2) is 29.8 Å². The zero-order chi connectivity index (χ0) is 12.0. The van der Waals surface area contributed by atoms with E-state index in [9.17, 15) is 9.70 Å². The summed E-state index contributed by atoms with van der Waals surface area (Å²) in [6, 6.07) is 9.68. The van der Waals surface area contributed by atoms with Gasteiger partial charge in [0, 0.05) is 11.9 Å². The van der Waals surface area contributed by atoms with E-state index in [4.69, 9.17) is 0 Å². The lowest BCUT2D eigenvalue weighted by atomic mass is 10.4. The summed E-state index contributed by atoms with van der Waals surface area (Å²) >= 11 is 1.47. The molecule has 1 unspecified atom stereocenters. The molecule has 0 saturated carbocycles. The van der Waals surface area contributed by atoms with E-state index in [1.54, 1.807) is 7.05 Å². The molecule has 0 N–H and O–H groups in total. The third kappa shape index (κ3) is 3.66. The summed E-state index contributed by atoms with van der Waals surface area (Å²) in [5.41, 5.74) is 0. The zero-order valence-electron chi connectivity index (χ0n) is 9.29. The van der Waals surface area contributed by atoms with Crippen LogP contribution in [0.1, 0.15) is 6.92 Å². The largest absolute Gasteiger partial charge is 0.322 e. The second kappa shape index (κ2) is 6.27. The topological polar surface area (TPSA) is 49.7 Å². The smallest absolute Gasteiger partial charge is 0.237 e. The first-order chi connectivity index (χ1) is 7.65. The lowest BCUT2D eigenvalue weighted by molar-refractivity contribution is -0.128. The first-order valence-corrected chi connectivity index (χ1v) is 5.79. The molecular formula is C11H14N2O2S. The van der Waals surface area contributed by atoms with Crippen LogP contribution in [-0.2, 0) is 4.79 Å². The van der Waals surface area contributed by atoms with Gasteiger partial charge < -0.3 is 4.90 Å². The fourth-order valence-corrected chi connectivity index (χ4v) is 2.22. The Morgan fingerprint density at radius 1 is 1.44 bits per heavy atom. The number of benzene rings is 1. The average Bonchev–Trinajstić information content (AvgIpc) is 2.29. The van der Waals surface area contributed by atoms with Crippen molar-refractivity contribution in [2.24, 2.45) is 5.18 Å². The molecule has 0 fully saturated rings. The van der Waals surface area contributed by atoms with E-state index in [0.29, 0.717) is 0 Å². The first kappa shape index (κ1) is 12.7. The quantitative estimate of drug-likeness (QED) is 0.584. The van der Waals surface area contributed by atoms with Crippen LogP contribution in [0.5, 0.6) is 0 Å². The van der Waals surface area contributed by atoms with Crippen LogP contribution in [0.2, 0.25) is 0 Å². The molecule has 86 valence electrons. The van der Waals surface area contributed by atoms with E-state index in [1.807, 2.05) is 37.3 Å². The van der Waals surface area contributed by atoms with Gasteiger partial charge in [-0.05, 0) is 24.2 Å². The van der Waals surface area contributed by atoms with Crippen molar-refractivity contribution in [3.8, 4) is 0 Å². The fraction of sp³-hybridized carbons (Fsp3) is 0.364. The zero-order valence-corrected chi connectivity index (χ0v) is 10.1. The first-order valence-electron chi connectivity index (χ1n) is 4.91. The summed E-state index contributed by atoms with van der Waals surface area (Å²) in [6.07, 6.45) is 0. The van der Waals surface area contributed by atoms with Crippen molar-refractivity contribution < 1.29 is 4.79 Å². The van der Waals surface area contributed by atoms with Crippen LogP contribution in [0.15, 0.2) is 40.4 Å². The monoisotopic (exact) mass is 238 g/mol. The van der Waals surface area contributed by atoms with Crippen LogP contribution < -0.4 is 0 Å². The van der Waals surface area contributed by atoms with Gasteiger partial charge in [0.1, 0.15) is 0 Å². The van der Waals surface area contributed by atoms with Gasteiger partial charge in [0.15, 0.2) is 6.67 Å². The number of nitroso groups, excluding NO2 is 1. The minimum absolute atomic E-state index is 0.0894. The Hall–Kier alpha value is -1.36. The normalized spacial score (nSPS) is 11.9. The number of carbonyl (C=O) groups excluding carboxylic acids is 1. The molecule has 0 saturated heterocycles. The standard InChI is InChI=1S/C11H14N2O2S/c1-9(11(14)13(2)8-12-15)16-10-6-4-3-5-7-10/h3-7,9H,8H2,1-2H3. The van der Waals surface area contributed by atoms with Gasteiger partial charge in [-0.2, -0.15) is 0 Å². The summed E-state index contributed by atoms with van der Waals surface area (Å²) in [5.74, 6) is -0.0894. The molecule has 16 heavy (non-hydrogen) atoms. The van der Waals surface area contributed by atoms with Crippen LogP contribution in [0.25, 0.3) is 0 Å². The molecule has 0 aliphatic carbocycles. The Morgan fingerprint density at radius 2 is 2.06 bits per heavy atom. The van der Waals surface area contributed by atoms with Gasteiger partial charge in [-0.3, -0.25) is 4.79 Å². The number of nitrogens with zero attached hydrogens (tertiary/aromatic N) is 2. The number of rotatable bonds is 5. The molecule has 4 nitrogen and oxygen atoms in total. The van der Waals surface area contributed by atoms with E-state index in [0.717, 1.165) is 4.90 Å². The Morgan fingerprint density at radius 3 is 2.62 bits per heavy atom. The average molecular weight is 238 g/mol. The van der Waals surface area contributed by atoms with Crippen molar-refractivity contribution in [1.82, 2.24) is 4.90 Å². The summed E-state index contributed by atoms with van der Waals surface area (Å²) in [4.78, 5) is 24.2. The maximum absolute atomic E-state index is 11.7. The molecule has 0 bridgehead atoms. The highest BCUT2D eigenvalue weighted by Crippen LogP contribution is 2.23. The molecule has 0 aliphatic heterocycles. The van der Waals surface area contributed by atoms with E-state index in [1.165, 1.54) is 16.7 Å².